The molecule has 7 heteroatoms. The minimum atomic E-state index is -0.275. The van der Waals surface area contributed by atoms with Crippen LogP contribution >= 0.6 is 11.8 Å². The largest absolute Gasteiger partial charge is 0.468 e. The maximum atomic E-state index is 12.5. The maximum Gasteiger partial charge on any atom is 0.323 e. The summed E-state index contributed by atoms with van der Waals surface area (Å²) in [6, 6.07) is -0.275. The quantitative estimate of drug-likeness (QED) is 0.777. The van der Waals surface area contributed by atoms with Crippen molar-refractivity contribution in [2.45, 2.75) is 63.2 Å². The van der Waals surface area contributed by atoms with Crippen LogP contribution in [0.25, 0.3) is 0 Å². The van der Waals surface area contributed by atoms with Gasteiger partial charge in [-0.3, -0.25) is 14.9 Å². The lowest BCUT2D eigenvalue weighted by Crippen LogP contribution is -2.47. The molecule has 2 rings (SSSR count). The molecule has 2 saturated heterocycles. The molecule has 1 spiro atoms. The van der Waals surface area contributed by atoms with Crippen LogP contribution in [0.4, 0.5) is 0 Å². The Balaban J connectivity index is 1.85. The molecule has 132 valence electrons. The Labute approximate surface area is 142 Å². The fourth-order valence-electron chi connectivity index (χ4n) is 3.16. The number of hydrogen-bond acceptors (Lipinski definition) is 6. The number of nitrogens with one attached hydrogen (secondary N) is 1. The lowest BCUT2D eigenvalue weighted by Gasteiger charge is -2.27. The van der Waals surface area contributed by atoms with Gasteiger partial charge >= 0.3 is 5.97 Å². The van der Waals surface area contributed by atoms with Crippen molar-refractivity contribution in [1.82, 2.24) is 10.2 Å². The van der Waals surface area contributed by atoms with Gasteiger partial charge in [-0.05, 0) is 34.1 Å². The van der Waals surface area contributed by atoms with Crippen molar-refractivity contribution in [2.24, 2.45) is 0 Å². The summed E-state index contributed by atoms with van der Waals surface area (Å²) in [5, 5.41) is 3.36. The Morgan fingerprint density at radius 1 is 1.43 bits per heavy atom. The smallest absolute Gasteiger partial charge is 0.323 e. The Kier molecular flexibility index (Phi) is 5.63. The van der Waals surface area contributed by atoms with E-state index in [-0.39, 0.29) is 34.5 Å². The van der Waals surface area contributed by atoms with Crippen LogP contribution < -0.4 is 5.32 Å². The molecule has 0 radical (unpaired) electrons. The second kappa shape index (κ2) is 6.99. The van der Waals surface area contributed by atoms with E-state index in [2.05, 4.69) is 5.32 Å². The standard InChI is InChI=1S/C16H28N2O4S/c1-11(22-15(2,3)4)8-13(19)18-7-6-16(10-18)17-12(9-23-16)14(20)21-5/h11-12,17H,6-10H2,1-5H3/t11-,12+,16?/m1/s1. The van der Waals surface area contributed by atoms with E-state index in [0.29, 0.717) is 18.7 Å². The summed E-state index contributed by atoms with van der Waals surface area (Å²) >= 11 is 1.72. The van der Waals surface area contributed by atoms with Crippen LogP contribution in [0.5, 0.6) is 0 Å². The van der Waals surface area contributed by atoms with Crippen molar-refractivity contribution in [1.29, 1.82) is 0 Å². The second-order valence-corrected chi connectivity index (χ2v) is 8.74. The SMILES string of the molecule is COC(=O)[C@@H]1CSC2(CCN(C(=O)C[C@@H](C)OC(C)(C)C)C2)N1. The van der Waals surface area contributed by atoms with Crippen molar-refractivity contribution < 1.29 is 19.1 Å². The van der Waals surface area contributed by atoms with Crippen LogP contribution in [-0.4, -0.2) is 65.3 Å². The highest BCUT2D eigenvalue weighted by Gasteiger charge is 2.47. The average Bonchev–Trinajstić information content (AvgIpc) is 3.04. The zero-order valence-electron chi connectivity index (χ0n) is 14.7. The molecule has 2 aliphatic heterocycles. The van der Waals surface area contributed by atoms with Crippen molar-refractivity contribution in [3.8, 4) is 0 Å². The highest BCUT2D eigenvalue weighted by atomic mass is 32.2. The highest BCUT2D eigenvalue weighted by Crippen LogP contribution is 2.38. The van der Waals surface area contributed by atoms with Gasteiger partial charge < -0.3 is 14.4 Å². The molecule has 1 unspecified atom stereocenters. The first-order chi connectivity index (χ1) is 10.6. The molecular weight excluding hydrogens is 316 g/mol. The summed E-state index contributed by atoms with van der Waals surface area (Å²) in [5.41, 5.74) is -0.247. The zero-order valence-corrected chi connectivity index (χ0v) is 15.5. The molecule has 0 aromatic heterocycles. The average molecular weight is 344 g/mol. The minimum absolute atomic E-state index is 0.106. The fourth-order valence-corrected chi connectivity index (χ4v) is 4.58. The lowest BCUT2D eigenvalue weighted by molar-refractivity contribution is -0.142. The van der Waals surface area contributed by atoms with Gasteiger partial charge in [0, 0.05) is 18.8 Å². The zero-order chi connectivity index (χ0) is 17.3. The number of nitrogens with zero attached hydrogens (tertiary/aromatic N) is 1. The molecule has 0 aromatic rings. The predicted octanol–water partition coefficient (Wildman–Crippen LogP) is 1.39. The number of carbonyl (C=O) groups excluding carboxylic acids is 2. The van der Waals surface area contributed by atoms with Gasteiger partial charge in [0.15, 0.2) is 0 Å². The van der Waals surface area contributed by atoms with Crippen LogP contribution in [-0.2, 0) is 19.1 Å². The number of amides is 1. The molecule has 1 N–H and O–H groups in total. The number of hydrogen-bond donors (Lipinski definition) is 1. The van der Waals surface area contributed by atoms with E-state index in [4.69, 9.17) is 9.47 Å². The molecule has 3 atom stereocenters. The second-order valence-electron chi connectivity index (χ2n) is 7.34. The van der Waals surface area contributed by atoms with Crippen molar-refractivity contribution >= 4 is 23.6 Å². The van der Waals surface area contributed by atoms with Gasteiger partial charge in [-0.2, -0.15) is 0 Å². The van der Waals surface area contributed by atoms with E-state index in [9.17, 15) is 9.59 Å². The highest BCUT2D eigenvalue weighted by molar-refractivity contribution is 8.01. The van der Waals surface area contributed by atoms with E-state index in [1.807, 2.05) is 32.6 Å². The van der Waals surface area contributed by atoms with E-state index in [1.54, 1.807) is 11.8 Å². The van der Waals surface area contributed by atoms with E-state index >= 15 is 0 Å². The summed E-state index contributed by atoms with van der Waals surface area (Å²) in [4.78, 5) is 25.8. The minimum Gasteiger partial charge on any atom is -0.468 e. The molecule has 23 heavy (non-hydrogen) atoms. The molecular formula is C16H28N2O4S. The van der Waals surface area contributed by atoms with Crippen molar-refractivity contribution in [2.75, 3.05) is 26.0 Å². The van der Waals surface area contributed by atoms with Crippen LogP contribution in [0.2, 0.25) is 0 Å². The molecule has 0 bridgehead atoms. The number of thioether (sulfide) groups is 1. The van der Waals surface area contributed by atoms with E-state index in [1.165, 1.54) is 7.11 Å². The normalized spacial score (nSPS) is 29.1. The Morgan fingerprint density at radius 2 is 2.13 bits per heavy atom. The Bertz CT molecular complexity index is 465. The van der Waals surface area contributed by atoms with Crippen LogP contribution in [0.15, 0.2) is 0 Å². The number of esters is 1. The molecule has 0 aromatic carbocycles. The first kappa shape index (κ1) is 18.5. The van der Waals surface area contributed by atoms with Gasteiger partial charge in [-0.25, -0.2) is 0 Å². The molecule has 6 nitrogen and oxygen atoms in total. The molecule has 2 aliphatic rings. The number of ether oxygens (including phenoxy) is 2. The van der Waals surface area contributed by atoms with E-state index in [0.717, 1.165) is 13.0 Å². The third kappa shape index (κ3) is 4.84. The van der Waals surface area contributed by atoms with Crippen molar-refractivity contribution in [3.05, 3.63) is 0 Å². The van der Waals surface area contributed by atoms with Gasteiger partial charge in [0.2, 0.25) is 5.91 Å². The molecule has 0 aliphatic carbocycles. The monoisotopic (exact) mass is 344 g/mol. The number of methoxy groups -OCH3 is 1. The fraction of sp³-hybridized carbons (Fsp3) is 0.875. The first-order valence-electron chi connectivity index (χ1n) is 8.09. The summed E-state index contributed by atoms with van der Waals surface area (Å²) in [6.45, 7) is 9.26. The van der Waals surface area contributed by atoms with Crippen molar-refractivity contribution in [3.63, 3.8) is 0 Å². The molecule has 2 heterocycles. The first-order valence-corrected chi connectivity index (χ1v) is 9.08. The topological polar surface area (TPSA) is 67.9 Å². The third-order valence-electron chi connectivity index (χ3n) is 4.05. The van der Waals surface area contributed by atoms with Gasteiger partial charge in [0.25, 0.3) is 0 Å². The summed E-state index contributed by atoms with van der Waals surface area (Å²) in [6.07, 6.45) is 1.13. The van der Waals surface area contributed by atoms with Gasteiger partial charge in [0.1, 0.15) is 6.04 Å². The predicted molar refractivity (Wildman–Crippen MR) is 90.2 cm³/mol. The Morgan fingerprint density at radius 3 is 2.74 bits per heavy atom. The third-order valence-corrected chi connectivity index (χ3v) is 5.55. The van der Waals surface area contributed by atoms with Crippen LogP contribution in [0.1, 0.15) is 40.5 Å². The van der Waals surface area contributed by atoms with Gasteiger partial charge in [-0.1, -0.05) is 0 Å². The molecule has 2 fully saturated rings. The summed E-state index contributed by atoms with van der Waals surface area (Å²) in [5.74, 6) is 0.576. The number of carbonyl (C=O) groups is 2. The molecule has 1 amide bonds. The summed E-state index contributed by atoms with van der Waals surface area (Å²) < 4.78 is 10.6. The van der Waals surface area contributed by atoms with Gasteiger partial charge in [0.05, 0.1) is 30.1 Å². The Hall–Kier alpha value is -0.790. The van der Waals surface area contributed by atoms with Gasteiger partial charge in [-0.15, -0.1) is 11.8 Å². The number of rotatable bonds is 4. The molecule has 0 saturated carbocycles. The number of likely N-dealkylation sites (tertiary alicyclic amines) is 1. The lowest BCUT2D eigenvalue weighted by atomic mass is 10.1. The van der Waals surface area contributed by atoms with Crippen LogP contribution in [0.3, 0.4) is 0 Å². The summed E-state index contributed by atoms with van der Waals surface area (Å²) in [7, 11) is 1.40. The van der Waals surface area contributed by atoms with E-state index < -0.39 is 0 Å². The van der Waals surface area contributed by atoms with Crippen LogP contribution in [0, 0.1) is 0 Å². The maximum absolute atomic E-state index is 12.5.